The zero-order valence-electron chi connectivity index (χ0n) is 10.5. The highest BCUT2D eigenvalue weighted by Gasteiger charge is 2.27. The van der Waals surface area contributed by atoms with Gasteiger partial charge < -0.3 is 14.4 Å². The van der Waals surface area contributed by atoms with Crippen LogP contribution in [-0.4, -0.2) is 34.6 Å². The van der Waals surface area contributed by atoms with Crippen LogP contribution >= 0.6 is 0 Å². The van der Waals surface area contributed by atoms with Crippen molar-refractivity contribution in [1.82, 2.24) is 10.1 Å². The second-order valence-corrected chi connectivity index (χ2v) is 4.07. The van der Waals surface area contributed by atoms with E-state index in [1.807, 2.05) is 0 Å². The van der Waals surface area contributed by atoms with Crippen molar-refractivity contribution in [3.05, 3.63) is 29.8 Å². The number of aromatic hydroxyl groups is 1. The van der Waals surface area contributed by atoms with Crippen molar-refractivity contribution >= 4 is 0 Å². The highest BCUT2D eigenvalue weighted by atomic mass is 19.4. The number of nitrogens with zero attached hydrogens (tertiary/aromatic N) is 2. The molecule has 114 valence electrons. The molecule has 0 atom stereocenters. The van der Waals surface area contributed by atoms with Gasteiger partial charge in [-0.1, -0.05) is 11.2 Å². The van der Waals surface area contributed by atoms with E-state index in [1.54, 1.807) is 0 Å². The minimum atomic E-state index is -4.40. The maximum atomic E-state index is 13.5. The van der Waals surface area contributed by atoms with Gasteiger partial charge in [0.2, 0.25) is 0 Å². The van der Waals surface area contributed by atoms with Crippen molar-refractivity contribution in [3.63, 3.8) is 0 Å². The number of alkyl halides is 3. The Morgan fingerprint density at radius 2 is 2.05 bits per heavy atom. The average molecular weight is 306 g/mol. The summed E-state index contributed by atoms with van der Waals surface area (Å²) in [6.45, 7) is -1.63. The number of aromatic nitrogens is 2. The molecule has 1 heterocycles. The molecule has 0 aliphatic heterocycles. The van der Waals surface area contributed by atoms with E-state index in [4.69, 9.17) is 4.52 Å². The second-order valence-electron chi connectivity index (χ2n) is 4.07. The Morgan fingerprint density at radius 1 is 1.29 bits per heavy atom. The maximum absolute atomic E-state index is 13.5. The number of halogens is 4. The van der Waals surface area contributed by atoms with Gasteiger partial charge in [-0.25, -0.2) is 4.39 Å². The maximum Gasteiger partial charge on any atom is 0.411 e. The molecule has 0 radical (unpaired) electrons. The van der Waals surface area contributed by atoms with Gasteiger partial charge in [0.05, 0.1) is 6.61 Å². The van der Waals surface area contributed by atoms with Gasteiger partial charge in [-0.2, -0.15) is 18.2 Å². The van der Waals surface area contributed by atoms with Gasteiger partial charge in [0, 0.05) is 6.42 Å². The fourth-order valence-corrected chi connectivity index (χ4v) is 1.53. The molecule has 0 aliphatic rings. The fourth-order valence-electron chi connectivity index (χ4n) is 1.53. The molecule has 0 saturated heterocycles. The molecule has 0 bridgehead atoms. The summed E-state index contributed by atoms with van der Waals surface area (Å²) in [6.07, 6.45) is -4.43. The summed E-state index contributed by atoms with van der Waals surface area (Å²) in [5.74, 6) is -1.33. The topological polar surface area (TPSA) is 68.4 Å². The van der Waals surface area contributed by atoms with Gasteiger partial charge >= 0.3 is 6.18 Å². The predicted octanol–water partition coefficient (Wildman–Crippen LogP) is 2.70. The van der Waals surface area contributed by atoms with Crippen molar-refractivity contribution in [2.45, 2.75) is 12.6 Å². The van der Waals surface area contributed by atoms with Crippen LogP contribution in [0.4, 0.5) is 17.6 Å². The number of hydrogen-bond acceptors (Lipinski definition) is 5. The highest BCUT2D eigenvalue weighted by Crippen LogP contribution is 2.30. The van der Waals surface area contributed by atoms with Crippen LogP contribution in [0.2, 0.25) is 0 Å². The van der Waals surface area contributed by atoms with Gasteiger partial charge in [0.25, 0.3) is 5.89 Å². The smallest absolute Gasteiger partial charge is 0.411 e. The lowest BCUT2D eigenvalue weighted by molar-refractivity contribution is -0.173. The van der Waals surface area contributed by atoms with E-state index in [0.29, 0.717) is 0 Å². The Labute approximate surface area is 116 Å². The summed E-state index contributed by atoms with van der Waals surface area (Å²) < 4.78 is 58.3. The Kier molecular flexibility index (Phi) is 4.41. The number of phenols is 1. The van der Waals surface area contributed by atoms with E-state index < -0.39 is 18.6 Å². The molecule has 2 aromatic rings. The van der Waals surface area contributed by atoms with Crippen LogP contribution in [0.25, 0.3) is 11.5 Å². The minimum Gasteiger partial charge on any atom is -0.507 e. The first-order valence-electron chi connectivity index (χ1n) is 5.82. The van der Waals surface area contributed by atoms with Gasteiger partial charge in [-0.05, 0) is 12.1 Å². The van der Waals surface area contributed by atoms with Crippen LogP contribution in [-0.2, 0) is 11.2 Å². The molecule has 0 aliphatic carbocycles. The number of phenolic OH excluding ortho intramolecular Hbond substituents is 1. The van der Waals surface area contributed by atoms with Crippen LogP contribution in [0.15, 0.2) is 22.7 Å². The quantitative estimate of drug-likeness (QED) is 0.679. The van der Waals surface area contributed by atoms with Crippen LogP contribution in [0.3, 0.4) is 0 Å². The summed E-state index contributed by atoms with van der Waals surface area (Å²) >= 11 is 0. The number of ether oxygens (including phenoxy) is 1. The van der Waals surface area contributed by atoms with Gasteiger partial charge in [-0.3, -0.25) is 0 Å². The Bertz CT molecular complexity index is 593. The molecular formula is C12H10F4N2O3. The first-order chi connectivity index (χ1) is 9.87. The van der Waals surface area contributed by atoms with Crippen molar-refractivity contribution < 1.29 is 31.9 Å². The number of rotatable bonds is 5. The zero-order valence-corrected chi connectivity index (χ0v) is 10.5. The molecule has 21 heavy (non-hydrogen) atoms. The molecule has 1 aromatic heterocycles. The van der Waals surface area contributed by atoms with E-state index in [-0.39, 0.29) is 36.1 Å². The van der Waals surface area contributed by atoms with Gasteiger partial charge in [-0.15, -0.1) is 0 Å². The summed E-state index contributed by atoms with van der Waals surface area (Å²) in [5, 5.41) is 13.0. The monoisotopic (exact) mass is 306 g/mol. The molecule has 0 unspecified atom stereocenters. The molecule has 0 spiro atoms. The minimum absolute atomic E-state index is 0.0329. The third-order valence-corrected chi connectivity index (χ3v) is 2.41. The number of hydrogen-bond donors (Lipinski definition) is 1. The molecule has 2 rings (SSSR count). The predicted molar refractivity (Wildman–Crippen MR) is 61.9 cm³/mol. The van der Waals surface area contributed by atoms with E-state index in [1.165, 1.54) is 12.1 Å². The molecular weight excluding hydrogens is 296 g/mol. The second kappa shape index (κ2) is 6.08. The Hall–Kier alpha value is -2.16. The zero-order chi connectivity index (χ0) is 15.5. The summed E-state index contributed by atoms with van der Waals surface area (Å²) in [7, 11) is 0. The Balaban J connectivity index is 1.99. The first-order valence-corrected chi connectivity index (χ1v) is 5.82. The van der Waals surface area contributed by atoms with Crippen LogP contribution in [0.5, 0.6) is 5.75 Å². The molecule has 5 nitrogen and oxygen atoms in total. The number of benzene rings is 1. The van der Waals surface area contributed by atoms with Gasteiger partial charge in [0.1, 0.15) is 23.7 Å². The largest absolute Gasteiger partial charge is 0.507 e. The Morgan fingerprint density at radius 3 is 2.71 bits per heavy atom. The normalized spacial score (nSPS) is 11.8. The SMILES string of the molecule is Oc1cccc(F)c1-c1nc(CCOCC(F)(F)F)no1. The summed E-state index contributed by atoms with van der Waals surface area (Å²) in [6, 6.07) is 3.65. The van der Waals surface area contributed by atoms with Crippen molar-refractivity contribution in [1.29, 1.82) is 0 Å². The van der Waals surface area contributed by atoms with Crippen molar-refractivity contribution in [2.24, 2.45) is 0 Å². The highest BCUT2D eigenvalue weighted by molar-refractivity contribution is 5.62. The average Bonchev–Trinajstić information content (AvgIpc) is 2.82. The molecule has 0 amide bonds. The lowest BCUT2D eigenvalue weighted by Crippen LogP contribution is -2.18. The molecule has 0 fully saturated rings. The lowest BCUT2D eigenvalue weighted by atomic mass is 10.2. The fraction of sp³-hybridized carbons (Fsp3) is 0.333. The third-order valence-electron chi connectivity index (χ3n) is 2.41. The van der Waals surface area contributed by atoms with Crippen LogP contribution in [0, 0.1) is 5.82 Å². The molecule has 1 N–H and O–H groups in total. The molecule has 1 aromatic carbocycles. The van der Waals surface area contributed by atoms with E-state index in [2.05, 4.69) is 14.9 Å². The van der Waals surface area contributed by atoms with Crippen molar-refractivity contribution in [3.8, 4) is 17.2 Å². The van der Waals surface area contributed by atoms with Crippen LogP contribution < -0.4 is 0 Å². The standard InChI is InChI=1S/C12H10F4N2O3/c13-7-2-1-3-8(19)10(7)11-17-9(18-21-11)4-5-20-6-12(14,15)16/h1-3,19H,4-6H2. The summed E-state index contributed by atoms with van der Waals surface area (Å²) in [5.41, 5.74) is -0.257. The first kappa shape index (κ1) is 15.2. The lowest BCUT2D eigenvalue weighted by Gasteiger charge is -2.05. The third kappa shape index (κ3) is 4.15. The van der Waals surface area contributed by atoms with Crippen molar-refractivity contribution in [2.75, 3.05) is 13.2 Å². The van der Waals surface area contributed by atoms with E-state index in [0.717, 1.165) is 6.07 Å². The van der Waals surface area contributed by atoms with E-state index >= 15 is 0 Å². The summed E-state index contributed by atoms with van der Waals surface area (Å²) in [4.78, 5) is 3.80. The van der Waals surface area contributed by atoms with Crippen LogP contribution in [0.1, 0.15) is 5.82 Å². The molecule has 0 saturated carbocycles. The van der Waals surface area contributed by atoms with E-state index in [9.17, 15) is 22.7 Å². The van der Waals surface area contributed by atoms with Gasteiger partial charge in [0.15, 0.2) is 5.82 Å². The molecule has 9 heteroatoms.